The van der Waals surface area contributed by atoms with Crippen LogP contribution >= 0.6 is 19.5 Å². The number of hydrogen-bond acceptors (Lipinski definition) is 6. The molecule has 3 fully saturated rings. The molecule has 1 aromatic carbocycles. The number of hydrogen-bond donors (Lipinski definition) is 0. The Morgan fingerprint density at radius 3 is 1.80 bits per heavy atom. The van der Waals surface area contributed by atoms with E-state index in [0.29, 0.717) is 0 Å². The van der Waals surface area contributed by atoms with Crippen molar-refractivity contribution in [2.24, 2.45) is 4.99 Å². The van der Waals surface area contributed by atoms with Crippen molar-refractivity contribution in [3.8, 4) is 0 Å². The maximum absolute atomic E-state index is 5.12. The molecule has 0 N–H and O–H groups in total. The molecule has 0 amide bonds. The van der Waals surface area contributed by atoms with Crippen LogP contribution in [-0.4, -0.2) is 90.4 Å². The van der Waals surface area contributed by atoms with Crippen LogP contribution in [0, 0.1) is 0 Å². The maximum Gasteiger partial charge on any atom is 0.288 e. The molecule has 25 heavy (non-hydrogen) atoms. The van der Waals surface area contributed by atoms with Gasteiger partial charge in [-0.1, -0.05) is 30.0 Å². The molecule has 5 nitrogen and oxygen atoms in total. The van der Waals surface area contributed by atoms with Crippen LogP contribution in [0.4, 0.5) is 5.69 Å². The number of thioether (sulfide) groups is 1. The average Bonchev–Trinajstić information content (AvgIpc) is 2.58. The van der Waals surface area contributed by atoms with Crippen LogP contribution in [-0.2, 0) is 0 Å². The van der Waals surface area contributed by atoms with E-state index in [0.717, 1.165) is 45.0 Å². The van der Waals surface area contributed by atoms with Crippen LogP contribution in [0.3, 0.4) is 0 Å². The zero-order chi connectivity index (χ0) is 17.2. The van der Waals surface area contributed by atoms with Gasteiger partial charge in [0.1, 0.15) is 0 Å². The fourth-order valence-electron chi connectivity index (χ4n) is 3.68. The largest absolute Gasteiger partial charge is 1.00 e. The number of nitrogens with zero attached hydrogens (tertiary/aromatic N) is 5. The number of para-hydroxylation sites is 1. The normalized spacial score (nSPS) is 29.6. The molecule has 4 rings (SSSR count). The summed E-state index contributed by atoms with van der Waals surface area (Å²) in [5.74, 6) is 0. The third-order valence-corrected chi connectivity index (χ3v) is 10.9. The van der Waals surface area contributed by atoms with E-state index < -0.39 is 7.71 Å². The van der Waals surface area contributed by atoms with Crippen molar-refractivity contribution < 1.29 is 24.0 Å². The first-order valence-electron chi connectivity index (χ1n) is 8.53. The van der Waals surface area contributed by atoms with Crippen LogP contribution in [0.5, 0.6) is 0 Å². The summed E-state index contributed by atoms with van der Waals surface area (Å²) in [6.45, 7) is 6.76. The Labute approximate surface area is 174 Å². The Morgan fingerprint density at radius 1 is 0.880 bits per heavy atom. The van der Waals surface area contributed by atoms with Crippen molar-refractivity contribution in [3.63, 3.8) is 0 Å². The standard InChI is InChI=1S/C17H29N5PS.HI/c1-19-10-13-22-14-11-20(2)23(19,21(3)12-15-22)17(24-4)18-16-8-6-5-7-9-16;/h5-9H,10-15H2,1-4H3;1H/q+1;/p-1. The number of halogens is 1. The molecule has 3 heterocycles. The van der Waals surface area contributed by atoms with E-state index in [1.807, 2.05) is 11.8 Å². The Bertz CT molecular complexity index is 552. The van der Waals surface area contributed by atoms with Crippen molar-refractivity contribution in [1.29, 1.82) is 0 Å². The third kappa shape index (κ3) is 4.23. The summed E-state index contributed by atoms with van der Waals surface area (Å²) >= 11 is 1.82. The predicted molar refractivity (Wildman–Crippen MR) is 108 cm³/mol. The highest BCUT2D eigenvalue weighted by atomic mass is 127. The molecular weight excluding hydrogens is 464 g/mol. The van der Waals surface area contributed by atoms with Gasteiger partial charge in [0, 0.05) is 60.4 Å². The van der Waals surface area contributed by atoms with E-state index in [9.17, 15) is 0 Å². The Hall–Kier alpha value is 0.240. The molecule has 1 aromatic rings. The lowest BCUT2D eigenvalue weighted by Gasteiger charge is -2.48. The molecule has 0 unspecified atom stereocenters. The minimum atomic E-state index is -1.79. The molecule has 0 aromatic heterocycles. The second-order valence-electron chi connectivity index (χ2n) is 6.49. The van der Waals surface area contributed by atoms with Gasteiger partial charge in [0.05, 0.1) is 5.69 Å². The molecule has 3 aliphatic heterocycles. The third-order valence-electron chi connectivity index (χ3n) is 5.07. The molecule has 0 saturated carbocycles. The van der Waals surface area contributed by atoms with Crippen molar-refractivity contribution in [1.82, 2.24) is 18.9 Å². The van der Waals surface area contributed by atoms with Crippen molar-refractivity contribution in [3.05, 3.63) is 30.3 Å². The fraction of sp³-hybridized carbons (Fsp3) is 0.588. The molecule has 140 valence electrons. The lowest BCUT2D eigenvalue weighted by Crippen LogP contribution is -3.00. The van der Waals surface area contributed by atoms with Gasteiger partial charge in [-0.15, -0.1) is 14.0 Å². The zero-order valence-electron chi connectivity index (χ0n) is 15.6. The smallest absolute Gasteiger partial charge is 0.288 e. The molecule has 3 aliphatic rings. The highest BCUT2D eigenvalue weighted by Crippen LogP contribution is 2.69. The van der Waals surface area contributed by atoms with Gasteiger partial charge in [0.2, 0.25) is 0 Å². The lowest BCUT2D eigenvalue weighted by molar-refractivity contribution is -0.00000508. The summed E-state index contributed by atoms with van der Waals surface area (Å²) < 4.78 is 7.74. The predicted octanol–water partition coefficient (Wildman–Crippen LogP) is -0.0717. The summed E-state index contributed by atoms with van der Waals surface area (Å²) in [7, 11) is 5.07. The zero-order valence-corrected chi connectivity index (χ0v) is 19.5. The Kier molecular flexibility index (Phi) is 8.13. The van der Waals surface area contributed by atoms with E-state index in [1.54, 1.807) is 0 Å². The quantitative estimate of drug-likeness (QED) is 0.249. The minimum absolute atomic E-state index is 0. The van der Waals surface area contributed by atoms with Gasteiger partial charge < -0.3 is 24.0 Å². The van der Waals surface area contributed by atoms with Gasteiger partial charge >= 0.3 is 0 Å². The van der Waals surface area contributed by atoms with E-state index in [4.69, 9.17) is 4.99 Å². The molecule has 8 heteroatoms. The number of aliphatic imine (C=N–C) groups is 1. The fourth-order valence-corrected chi connectivity index (χ4v) is 9.91. The molecule has 0 atom stereocenters. The first-order valence-corrected chi connectivity index (χ1v) is 11.4. The maximum atomic E-state index is 5.12. The molecule has 0 spiro atoms. The number of rotatable bonds is 2. The monoisotopic (exact) mass is 493 g/mol. The Morgan fingerprint density at radius 2 is 1.36 bits per heavy atom. The van der Waals surface area contributed by atoms with Gasteiger partial charge in [-0.25, -0.2) is 4.99 Å². The Balaban J connectivity index is 0.00000225. The summed E-state index contributed by atoms with van der Waals surface area (Å²) in [6.07, 6.45) is 2.18. The number of likely N-dealkylation sites (N-methyl/N-ethyl adjacent to an activating group) is 3. The molecule has 0 radical (unpaired) electrons. The lowest BCUT2D eigenvalue weighted by atomic mass is 10.3. The van der Waals surface area contributed by atoms with E-state index in [2.05, 4.69) is 76.6 Å². The number of benzene rings is 1. The molecule has 3 saturated heterocycles. The summed E-state index contributed by atoms with van der Waals surface area (Å²) in [4.78, 5) is 8.97. The molecule has 0 aliphatic carbocycles. The highest BCUT2D eigenvalue weighted by Gasteiger charge is 2.58. The first kappa shape index (κ1) is 21.5. The van der Waals surface area contributed by atoms with Crippen molar-refractivity contribution in [2.45, 2.75) is 0 Å². The van der Waals surface area contributed by atoms with Crippen LogP contribution in [0.25, 0.3) is 0 Å². The number of fused-ring (bicyclic) bond motifs is 6. The first-order chi connectivity index (χ1) is 11.6. The van der Waals surface area contributed by atoms with Crippen LogP contribution in [0.15, 0.2) is 35.3 Å². The van der Waals surface area contributed by atoms with E-state index in [-0.39, 0.29) is 24.0 Å². The van der Waals surface area contributed by atoms with Crippen LogP contribution in [0.2, 0.25) is 0 Å². The van der Waals surface area contributed by atoms with Crippen molar-refractivity contribution in [2.75, 3.05) is 66.7 Å². The second-order valence-corrected chi connectivity index (χ2v) is 11.2. The van der Waals surface area contributed by atoms with Gasteiger partial charge in [-0.05, 0) is 18.4 Å². The second kappa shape index (κ2) is 9.44. The van der Waals surface area contributed by atoms with E-state index in [1.165, 1.54) is 4.78 Å². The van der Waals surface area contributed by atoms with Crippen LogP contribution < -0.4 is 24.0 Å². The summed E-state index contributed by atoms with van der Waals surface area (Å²) in [5.41, 5.74) is 1.05. The van der Waals surface area contributed by atoms with E-state index >= 15 is 0 Å². The minimum Gasteiger partial charge on any atom is -1.00 e. The van der Waals surface area contributed by atoms with Gasteiger partial charge in [-0.2, -0.15) is 0 Å². The summed E-state index contributed by atoms with van der Waals surface area (Å²) in [5, 5.41) is 0. The van der Waals surface area contributed by atoms with Gasteiger partial charge in [0.15, 0.2) is 0 Å². The highest BCUT2D eigenvalue weighted by molar-refractivity contribution is 8.27. The molecular formula is C17H29IN5PS. The van der Waals surface area contributed by atoms with Gasteiger partial charge in [-0.3, -0.25) is 4.90 Å². The average molecular weight is 493 g/mol. The SMILES string of the molecule is CSC(=Nc1ccccc1)[P+]12N(C)CCN(CCN1C)CCN2C.[I-]. The van der Waals surface area contributed by atoms with Gasteiger partial charge in [0.25, 0.3) is 12.5 Å². The summed E-state index contributed by atoms with van der Waals surface area (Å²) in [6, 6.07) is 10.4. The van der Waals surface area contributed by atoms with Crippen LogP contribution in [0.1, 0.15) is 0 Å². The molecule has 2 bridgehead atoms. The van der Waals surface area contributed by atoms with Crippen molar-refractivity contribution >= 4 is 29.9 Å². The topological polar surface area (TPSA) is 25.3 Å².